The molecule has 0 aliphatic rings. The minimum atomic E-state index is -5.19. The fraction of sp³-hybridized carbons (Fsp3) is 0.375. The van der Waals surface area contributed by atoms with Gasteiger partial charge in [0.25, 0.3) is 5.75 Å². The van der Waals surface area contributed by atoms with Crippen molar-refractivity contribution in [1.82, 2.24) is 4.98 Å². The summed E-state index contributed by atoms with van der Waals surface area (Å²) in [6.45, 7) is -1.21. The molecule has 0 N–H and O–H groups in total. The van der Waals surface area contributed by atoms with Crippen LogP contribution in [0.1, 0.15) is 5.56 Å². The Hall–Kier alpha value is -2.13. The molecule has 10 heteroatoms. The Labute approximate surface area is 97.3 Å². The van der Waals surface area contributed by atoms with Gasteiger partial charge in [-0.25, -0.2) is 4.39 Å². The van der Waals surface area contributed by atoms with Gasteiger partial charge in [0.2, 0.25) is 0 Å². The molecule has 18 heavy (non-hydrogen) atoms. The number of hydrogen-bond acceptors (Lipinski definition) is 5. The topological polar surface area (TPSA) is 74.5 Å². The van der Waals surface area contributed by atoms with Gasteiger partial charge in [-0.1, -0.05) is 0 Å². The van der Waals surface area contributed by atoms with Gasteiger partial charge < -0.3 is 19.6 Å². The maximum atomic E-state index is 12.5. The van der Waals surface area contributed by atoms with Crippen LogP contribution in [0.25, 0.3) is 0 Å². The summed E-state index contributed by atoms with van der Waals surface area (Å²) in [7, 11) is 0.932. The molecule has 0 atom stereocenters. The third-order valence-electron chi connectivity index (χ3n) is 1.78. The van der Waals surface area contributed by atoms with E-state index in [1.807, 2.05) is 0 Å². The lowest BCUT2D eigenvalue weighted by Gasteiger charge is -2.13. The first-order chi connectivity index (χ1) is 8.30. The highest BCUT2D eigenvalue weighted by Gasteiger charge is 2.38. The van der Waals surface area contributed by atoms with Crippen LogP contribution in [0.4, 0.5) is 23.4 Å². The summed E-state index contributed by atoms with van der Waals surface area (Å²) in [6, 6.07) is 0. The average molecular weight is 270 g/mol. The predicted octanol–water partition coefficient (Wildman–Crippen LogP) is 2.37. The summed E-state index contributed by atoms with van der Waals surface area (Å²) < 4.78 is 56.8. The van der Waals surface area contributed by atoms with Crippen LogP contribution in [-0.4, -0.2) is 23.4 Å². The smallest absolute Gasteiger partial charge is 0.492 e. The molecule has 0 amide bonds. The summed E-state index contributed by atoms with van der Waals surface area (Å²) in [5, 5.41) is 10.5. The minimum Gasteiger partial charge on any atom is -0.492 e. The van der Waals surface area contributed by atoms with E-state index in [4.69, 9.17) is 0 Å². The molecule has 1 aromatic rings. The molecule has 100 valence electrons. The number of hydrogen-bond donors (Lipinski definition) is 0. The fourth-order valence-electron chi connectivity index (χ4n) is 1.16. The number of rotatable bonds is 4. The number of nitro groups is 1. The Kier molecular flexibility index (Phi) is 3.89. The third-order valence-corrected chi connectivity index (χ3v) is 1.78. The van der Waals surface area contributed by atoms with Gasteiger partial charge in [-0.2, -0.15) is 0 Å². The molecular weight excluding hydrogens is 264 g/mol. The predicted molar refractivity (Wildman–Crippen MR) is 48.9 cm³/mol. The summed E-state index contributed by atoms with van der Waals surface area (Å²) in [5.74, 6) is -3.19. The second-order valence-electron chi connectivity index (χ2n) is 2.91. The van der Waals surface area contributed by atoms with Crippen LogP contribution in [0, 0.1) is 10.1 Å². The second kappa shape index (κ2) is 5.02. The highest BCUT2D eigenvalue weighted by atomic mass is 19.4. The molecule has 0 aliphatic heterocycles. The van der Waals surface area contributed by atoms with E-state index in [0.717, 1.165) is 7.11 Å². The average Bonchev–Trinajstić information content (AvgIpc) is 2.25. The van der Waals surface area contributed by atoms with Crippen molar-refractivity contribution in [1.29, 1.82) is 0 Å². The number of halogens is 4. The van der Waals surface area contributed by atoms with Gasteiger partial charge in [-0.15, -0.1) is 13.2 Å². The van der Waals surface area contributed by atoms with E-state index < -0.39 is 35.3 Å². The van der Waals surface area contributed by atoms with Crippen molar-refractivity contribution in [3.8, 4) is 11.5 Å². The molecule has 1 aromatic heterocycles. The molecular formula is C8H6F4N2O4. The third kappa shape index (κ3) is 2.96. The van der Waals surface area contributed by atoms with Gasteiger partial charge in [-0.3, -0.25) is 0 Å². The highest BCUT2D eigenvalue weighted by Crippen LogP contribution is 2.41. The molecule has 0 fully saturated rings. The molecule has 0 saturated heterocycles. The van der Waals surface area contributed by atoms with Crippen LogP contribution in [0.2, 0.25) is 0 Å². The molecule has 1 heterocycles. The van der Waals surface area contributed by atoms with Crippen molar-refractivity contribution in [2.75, 3.05) is 7.11 Å². The van der Waals surface area contributed by atoms with E-state index in [1.54, 1.807) is 0 Å². The van der Waals surface area contributed by atoms with Crippen LogP contribution >= 0.6 is 0 Å². The Morgan fingerprint density at radius 1 is 1.44 bits per heavy atom. The first-order valence-corrected chi connectivity index (χ1v) is 4.32. The van der Waals surface area contributed by atoms with E-state index in [0.29, 0.717) is 6.20 Å². The normalized spacial score (nSPS) is 11.2. The molecule has 0 saturated carbocycles. The summed E-state index contributed by atoms with van der Waals surface area (Å²) in [5.41, 5.74) is -0.387. The molecule has 0 unspecified atom stereocenters. The highest BCUT2D eigenvalue weighted by molar-refractivity contribution is 5.54. The minimum absolute atomic E-state index is 0.387. The standard InChI is InChI=1S/C8H6F4N2O4/c1-17-5-4(2-9)3-13-7(14(15)16)6(5)18-8(10,11)12/h3H,2H2,1H3. The number of methoxy groups -OCH3 is 1. The van der Waals surface area contributed by atoms with Crippen molar-refractivity contribution < 1.29 is 32.0 Å². The van der Waals surface area contributed by atoms with Crippen molar-refractivity contribution in [3.05, 3.63) is 21.9 Å². The van der Waals surface area contributed by atoms with Crippen LogP contribution in [0.5, 0.6) is 11.5 Å². The van der Waals surface area contributed by atoms with Crippen LogP contribution < -0.4 is 9.47 Å². The maximum absolute atomic E-state index is 12.5. The van der Waals surface area contributed by atoms with Crippen LogP contribution in [0.15, 0.2) is 6.20 Å². The van der Waals surface area contributed by atoms with Gasteiger partial charge in [0, 0.05) is 0 Å². The van der Waals surface area contributed by atoms with Crippen molar-refractivity contribution in [2.45, 2.75) is 13.0 Å². The van der Waals surface area contributed by atoms with Crippen LogP contribution in [-0.2, 0) is 6.67 Å². The van der Waals surface area contributed by atoms with Crippen LogP contribution in [0.3, 0.4) is 0 Å². The van der Waals surface area contributed by atoms with E-state index in [1.165, 1.54) is 0 Å². The number of ether oxygens (including phenoxy) is 2. The Bertz CT molecular complexity index is 463. The van der Waals surface area contributed by atoms with Gasteiger partial charge in [0.05, 0.1) is 12.7 Å². The lowest BCUT2D eigenvalue weighted by Crippen LogP contribution is -2.19. The maximum Gasteiger partial charge on any atom is 0.573 e. The molecule has 0 aromatic carbocycles. The lowest BCUT2D eigenvalue weighted by atomic mass is 10.2. The molecule has 0 bridgehead atoms. The molecule has 0 radical (unpaired) electrons. The molecule has 0 aliphatic carbocycles. The van der Waals surface area contributed by atoms with E-state index in [9.17, 15) is 27.7 Å². The van der Waals surface area contributed by atoms with Crippen molar-refractivity contribution in [3.63, 3.8) is 0 Å². The fourth-order valence-corrected chi connectivity index (χ4v) is 1.16. The van der Waals surface area contributed by atoms with Gasteiger partial charge in [0.15, 0.2) is 5.75 Å². The summed E-state index contributed by atoms with van der Waals surface area (Å²) in [6.07, 6.45) is -4.48. The molecule has 6 nitrogen and oxygen atoms in total. The van der Waals surface area contributed by atoms with Gasteiger partial charge >= 0.3 is 12.2 Å². The van der Waals surface area contributed by atoms with E-state index >= 15 is 0 Å². The van der Waals surface area contributed by atoms with E-state index in [-0.39, 0.29) is 5.56 Å². The Morgan fingerprint density at radius 3 is 2.44 bits per heavy atom. The zero-order valence-corrected chi connectivity index (χ0v) is 8.82. The molecule has 1 rings (SSSR count). The van der Waals surface area contributed by atoms with Crippen molar-refractivity contribution in [2.24, 2.45) is 0 Å². The first kappa shape index (κ1) is 13.9. The first-order valence-electron chi connectivity index (χ1n) is 4.32. The largest absolute Gasteiger partial charge is 0.573 e. The summed E-state index contributed by atoms with van der Waals surface area (Å²) in [4.78, 5) is 12.4. The summed E-state index contributed by atoms with van der Waals surface area (Å²) >= 11 is 0. The number of nitrogens with zero attached hydrogens (tertiary/aromatic N) is 2. The number of aromatic nitrogens is 1. The zero-order chi connectivity index (χ0) is 13.9. The lowest BCUT2D eigenvalue weighted by molar-refractivity contribution is -0.393. The number of alkyl halides is 4. The zero-order valence-electron chi connectivity index (χ0n) is 8.82. The quantitative estimate of drug-likeness (QED) is 0.477. The number of pyridine rings is 1. The Morgan fingerprint density at radius 2 is 2.06 bits per heavy atom. The SMILES string of the molecule is COc1c(CF)cnc([N+](=O)[O-])c1OC(F)(F)F. The molecule has 0 spiro atoms. The van der Waals surface area contributed by atoms with Gasteiger partial charge in [0.1, 0.15) is 12.9 Å². The monoisotopic (exact) mass is 270 g/mol. The van der Waals surface area contributed by atoms with Crippen molar-refractivity contribution >= 4 is 5.82 Å². The van der Waals surface area contributed by atoms with Gasteiger partial charge in [-0.05, 0) is 9.91 Å². The van der Waals surface area contributed by atoms with E-state index in [2.05, 4.69) is 14.5 Å². The Balaban J connectivity index is 3.43. The second-order valence-corrected chi connectivity index (χ2v) is 2.91.